The minimum atomic E-state index is -2.79. The Bertz CT molecular complexity index is 373. The zero-order valence-electron chi connectivity index (χ0n) is 8.68. The number of aliphatic carboxylic acids is 1. The lowest BCUT2D eigenvalue weighted by Crippen LogP contribution is -2.29. The van der Waals surface area contributed by atoms with Crippen molar-refractivity contribution in [3.8, 4) is 0 Å². The SMILES string of the molecule is CCC[P@@](=O)(CC(=O)[O-])c1ccccc1. The van der Waals surface area contributed by atoms with Crippen LogP contribution in [0.4, 0.5) is 0 Å². The Morgan fingerprint density at radius 1 is 1.33 bits per heavy atom. The molecule has 0 spiro atoms. The molecular formula is C11H14O3P-. The van der Waals surface area contributed by atoms with Crippen molar-refractivity contribution in [2.45, 2.75) is 13.3 Å². The van der Waals surface area contributed by atoms with E-state index >= 15 is 0 Å². The highest BCUT2D eigenvalue weighted by Gasteiger charge is 2.23. The summed E-state index contributed by atoms with van der Waals surface area (Å²) in [5, 5.41) is 11.2. The highest BCUT2D eigenvalue weighted by molar-refractivity contribution is 7.72. The maximum absolute atomic E-state index is 12.4. The molecular weight excluding hydrogens is 211 g/mol. The van der Waals surface area contributed by atoms with Gasteiger partial charge >= 0.3 is 0 Å². The molecule has 1 aromatic carbocycles. The van der Waals surface area contributed by atoms with Gasteiger partial charge in [-0.2, -0.15) is 0 Å². The lowest BCUT2D eigenvalue weighted by molar-refractivity contribution is -0.301. The molecule has 0 aromatic heterocycles. The average molecular weight is 225 g/mol. The molecule has 0 aliphatic carbocycles. The monoisotopic (exact) mass is 225 g/mol. The van der Waals surface area contributed by atoms with Gasteiger partial charge in [0.15, 0.2) is 0 Å². The van der Waals surface area contributed by atoms with E-state index in [0.717, 1.165) is 0 Å². The largest absolute Gasteiger partial charge is 0.550 e. The van der Waals surface area contributed by atoms with Gasteiger partial charge in [0.25, 0.3) is 0 Å². The highest BCUT2D eigenvalue weighted by Crippen LogP contribution is 2.44. The summed E-state index contributed by atoms with van der Waals surface area (Å²) in [7, 11) is -2.79. The number of hydrogen-bond donors (Lipinski definition) is 0. The standard InChI is InChI=1S/C11H15O3P/c1-2-8-15(14,9-11(12)13)10-6-4-3-5-7-10/h3-7H,2,8-9H2,1H3,(H,12,13)/p-1/t15-/m1/s1. The number of hydrogen-bond acceptors (Lipinski definition) is 3. The highest BCUT2D eigenvalue weighted by atomic mass is 31.2. The zero-order valence-corrected chi connectivity index (χ0v) is 9.57. The third-order valence-corrected chi connectivity index (χ3v) is 5.37. The van der Waals surface area contributed by atoms with Crippen molar-refractivity contribution in [1.29, 1.82) is 0 Å². The van der Waals surface area contributed by atoms with E-state index in [-0.39, 0.29) is 6.16 Å². The van der Waals surface area contributed by atoms with E-state index in [2.05, 4.69) is 0 Å². The van der Waals surface area contributed by atoms with E-state index in [0.29, 0.717) is 17.9 Å². The van der Waals surface area contributed by atoms with Gasteiger partial charge in [-0.25, -0.2) is 0 Å². The van der Waals surface area contributed by atoms with E-state index in [9.17, 15) is 14.5 Å². The molecule has 0 fully saturated rings. The number of carboxylic acid groups (broad SMARTS) is 1. The fourth-order valence-electron chi connectivity index (χ4n) is 1.57. The zero-order chi connectivity index (χ0) is 11.3. The molecule has 4 heteroatoms. The second-order valence-electron chi connectivity index (χ2n) is 3.48. The Balaban J connectivity index is 3.01. The van der Waals surface area contributed by atoms with E-state index < -0.39 is 13.1 Å². The minimum Gasteiger partial charge on any atom is -0.550 e. The van der Waals surface area contributed by atoms with Gasteiger partial charge in [-0.3, -0.25) is 0 Å². The predicted molar refractivity (Wildman–Crippen MR) is 58.7 cm³/mol. The molecule has 0 N–H and O–H groups in total. The summed E-state index contributed by atoms with van der Waals surface area (Å²) >= 11 is 0. The molecule has 82 valence electrons. The van der Waals surface area contributed by atoms with Crippen LogP contribution in [0.25, 0.3) is 0 Å². The van der Waals surface area contributed by atoms with Crippen LogP contribution in [0.5, 0.6) is 0 Å². The molecule has 0 unspecified atom stereocenters. The van der Waals surface area contributed by atoms with E-state index in [1.54, 1.807) is 24.3 Å². The lowest BCUT2D eigenvalue weighted by atomic mass is 10.4. The van der Waals surface area contributed by atoms with Crippen LogP contribution in [0.15, 0.2) is 30.3 Å². The first-order chi connectivity index (χ1) is 7.08. The number of benzene rings is 1. The van der Waals surface area contributed by atoms with Crippen molar-refractivity contribution in [1.82, 2.24) is 0 Å². The Kier molecular flexibility index (Phi) is 4.10. The topological polar surface area (TPSA) is 57.2 Å². The lowest BCUT2D eigenvalue weighted by Gasteiger charge is -2.18. The third-order valence-electron chi connectivity index (χ3n) is 2.20. The van der Waals surface area contributed by atoms with Crippen LogP contribution in [0.1, 0.15) is 13.3 Å². The van der Waals surface area contributed by atoms with Crippen molar-refractivity contribution in [3.63, 3.8) is 0 Å². The molecule has 0 aliphatic rings. The van der Waals surface area contributed by atoms with Gasteiger partial charge in [-0.15, -0.1) is 0 Å². The first kappa shape index (κ1) is 12.0. The van der Waals surface area contributed by atoms with Crippen LogP contribution in [0, 0.1) is 0 Å². The quantitative estimate of drug-likeness (QED) is 0.697. The Labute approximate surface area is 89.5 Å². The Hall–Kier alpha value is -1.08. The van der Waals surface area contributed by atoms with Crippen molar-refractivity contribution < 1.29 is 14.5 Å². The number of carbonyl (C=O) groups is 1. The van der Waals surface area contributed by atoms with Crippen LogP contribution in [-0.2, 0) is 9.36 Å². The van der Waals surface area contributed by atoms with Crippen LogP contribution in [-0.4, -0.2) is 18.3 Å². The van der Waals surface area contributed by atoms with Crippen molar-refractivity contribution >= 4 is 18.4 Å². The minimum absolute atomic E-state index is 0.356. The number of carboxylic acids is 1. The van der Waals surface area contributed by atoms with Gasteiger partial charge in [0.05, 0.1) is 0 Å². The third kappa shape index (κ3) is 3.21. The summed E-state index contributed by atoms with van der Waals surface area (Å²) in [6.07, 6.45) is 0.773. The van der Waals surface area contributed by atoms with Gasteiger partial charge in [0.1, 0.15) is 7.14 Å². The molecule has 1 aromatic rings. The van der Waals surface area contributed by atoms with Gasteiger partial charge in [-0.1, -0.05) is 37.3 Å². The van der Waals surface area contributed by atoms with Crippen molar-refractivity contribution in [3.05, 3.63) is 30.3 Å². The van der Waals surface area contributed by atoms with E-state index in [4.69, 9.17) is 0 Å². The Morgan fingerprint density at radius 3 is 2.40 bits per heavy atom. The summed E-state index contributed by atoms with van der Waals surface area (Å²) < 4.78 is 12.4. The fraction of sp³-hybridized carbons (Fsp3) is 0.364. The van der Waals surface area contributed by atoms with Gasteiger partial charge in [0, 0.05) is 23.6 Å². The smallest absolute Gasteiger partial charge is 0.121 e. The van der Waals surface area contributed by atoms with Gasteiger partial charge < -0.3 is 14.5 Å². The second-order valence-corrected chi connectivity index (χ2v) is 6.54. The Morgan fingerprint density at radius 2 is 1.93 bits per heavy atom. The maximum Gasteiger partial charge on any atom is 0.121 e. The first-order valence-corrected chi connectivity index (χ1v) is 7.00. The summed E-state index contributed by atoms with van der Waals surface area (Å²) in [6, 6.07) is 8.80. The molecule has 0 saturated carbocycles. The van der Waals surface area contributed by atoms with Crippen LogP contribution in [0.2, 0.25) is 0 Å². The summed E-state index contributed by atoms with van der Waals surface area (Å²) in [4.78, 5) is 10.6. The molecule has 3 nitrogen and oxygen atoms in total. The summed E-state index contributed by atoms with van der Waals surface area (Å²) in [5.41, 5.74) is 0. The van der Waals surface area contributed by atoms with Crippen molar-refractivity contribution in [2.75, 3.05) is 12.3 Å². The molecule has 0 heterocycles. The molecule has 0 radical (unpaired) electrons. The molecule has 0 aliphatic heterocycles. The maximum atomic E-state index is 12.4. The van der Waals surface area contributed by atoms with Crippen LogP contribution < -0.4 is 10.4 Å². The summed E-state index contributed by atoms with van der Waals surface area (Å²) in [5.74, 6) is -1.24. The van der Waals surface area contributed by atoms with Crippen molar-refractivity contribution in [2.24, 2.45) is 0 Å². The molecule has 1 rings (SSSR count). The number of carbonyl (C=O) groups excluding carboxylic acids is 1. The predicted octanol–water partition coefficient (Wildman–Crippen LogP) is 0.835. The number of rotatable bonds is 5. The van der Waals surface area contributed by atoms with Crippen LogP contribution >= 0.6 is 7.14 Å². The van der Waals surface area contributed by atoms with Crippen LogP contribution in [0.3, 0.4) is 0 Å². The molecule has 0 amide bonds. The van der Waals surface area contributed by atoms with Gasteiger partial charge in [-0.05, 0) is 6.42 Å². The molecule has 15 heavy (non-hydrogen) atoms. The summed E-state index contributed by atoms with van der Waals surface area (Å²) in [6.45, 7) is 1.89. The van der Waals surface area contributed by atoms with E-state index in [1.807, 2.05) is 13.0 Å². The molecule has 0 saturated heterocycles. The van der Waals surface area contributed by atoms with Gasteiger partial charge in [0.2, 0.25) is 0 Å². The average Bonchev–Trinajstić information content (AvgIpc) is 2.18. The van der Waals surface area contributed by atoms with E-state index in [1.165, 1.54) is 0 Å². The fourth-order valence-corrected chi connectivity index (χ4v) is 4.02. The molecule has 0 bridgehead atoms. The first-order valence-electron chi connectivity index (χ1n) is 4.92. The molecule has 1 atom stereocenters. The normalized spacial score (nSPS) is 14.5. The second kappa shape index (κ2) is 5.13.